The number of rotatable bonds is 4. The zero-order valence-electron chi connectivity index (χ0n) is 15.6. The van der Waals surface area contributed by atoms with Gasteiger partial charge in [0.25, 0.3) is 0 Å². The van der Waals surface area contributed by atoms with Crippen molar-refractivity contribution in [1.29, 1.82) is 0 Å². The fourth-order valence-electron chi connectivity index (χ4n) is 3.39. The summed E-state index contributed by atoms with van der Waals surface area (Å²) in [5.74, 6) is 0.550. The summed E-state index contributed by atoms with van der Waals surface area (Å²) in [7, 11) is 0. The van der Waals surface area contributed by atoms with Crippen molar-refractivity contribution in [2.75, 3.05) is 23.3 Å². The molecule has 1 amide bonds. The van der Waals surface area contributed by atoms with E-state index in [-0.39, 0.29) is 11.8 Å². The molecule has 0 spiro atoms. The van der Waals surface area contributed by atoms with Crippen molar-refractivity contribution < 1.29 is 4.79 Å². The van der Waals surface area contributed by atoms with Gasteiger partial charge in [-0.15, -0.1) is 10.2 Å². The Morgan fingerprint density at radius 2 is 2.03 bits per heavy atom. The molecule has 0 saturated carbocycles. The summed E-state index contributed by atoms with van der Waals surface area (Å²) in [5.41, 5.74) is 2.26. The lowest BCUT2D eigenvalue weighted by atomic mass is 9.97. The quantitative estimate of drug-likeness (QED) is 0.652. The third-order valence-corrected chi connectivity index (χ3v) is 5.46. The molecular weight excluding hydrogens is 409 g/mol. The maximum atomic E-state index is 12.7. The van der Waals surface area contributed by atoms with Gasteiger partial charge in [0.05, 0.1) is 22.3 Å². The first-order chi connectivity index (χ1) is 14.1. The lowest BCUT2D eigenvalue weighted by Gasteiger charge is -2.32. The van der Waals surface area contributed by atoms with Crippen LogP contribution in [-0.4, -0.2) is 34.2 Å². The van der Waals surface area contributed by atoms with Crippen LogP contribution in [0, 0.1) is 5.92 Å². The molecule has 1 aliphatic rings. The molecule has 148 valence electrons. The predicted molar refractivity (Wildman–Crippen MR) is 115 cm³/mol. The molecule has 0 radical (unpaired) electrons. The van der Waals surface area contributed by atoms with Crippen LogP contribution in [0.1, 0.15) is 12.8 Å². The van der Waals surface area contributed by atoms with Crippen LogP contribution < -0.4 is 10.2 Å². The number of carbonyl (C=O) groups excluding carboxylic acids is 1. The number of pyridine rings is 1. The summed E-state index contributed by atoms with van der Waals surface area (Å²) in [4.78, 5) is 19.0. The average molecular weight is 428 g/mol. The largest absolute Gasteiger partial charge is 0.354 e. The normalized spacial score (nSPS) is 16.5. The lowest BCUT2D eigenvalue weighted by molar-refractivity contribution is -0.120. The van der Waals surface area contributed by atoms with Crippen molar-refractivity contribution in [3.63, 3.8) is 0 Å². The fraction of sp³-hybridized carbons (Fsp3) is 0.238. The number of benzene rings is 1. The van der Waals surface area contributed by atoms with E-state index in [1.807, 2.05) is 24.3 Å². The van der Waals surface area contributed by atoms with Crippen molar-refractivity contribution in [3.8, 4) is 11.3 Å². The Morgan fingerprint density at radius 3 is 2.76 bits per heavy atom. The van der Waals surface area contributed by atoms with E-state index in [1.165, 1.54) is 0 Å². The minimum atomic E-state index is -0.157. The first kappa shape index (κ1) is 19.6. The van der Waals surface area contributed by atoms with E-state index >= 15 is 0 Å². The minimum absolute atomic E-state index is 0.0566. The van der Waals surface area contributed by atoms with E-state index < -0.39 is 0 Å². The van der Waals surface area contributed by atoms with Gasteiger partial charge >= 0.3 is 0 Å². The third-order valence-electron chi connectivity index (χ3n) is 4.91. The smallest absolute Gasteiger partial charge is 0.229 e. The SMILES string of the molecule is O=C(Nc1ccc(Cl)cc1Cl)C1CCCN(c2ccc(-c3cccnc3)nn2)C1. The highest BCUT2D eigenvalue weighted by atomic mass is 35.5. The third kappa shape index (κ3) is 4.66. The second kappa shape index (κ2) is 8.76. The van der Waals surface area contributed by atoms with Crippen LogP contribution in [0.15, 0.2) is 54.9 Å². The van der Waals surface area contributed by atoms with E-state index in [4.69, 9.17) is 23.2 Å². The summed E-state index contributed by atoms with van der Waals surface area (Å²) in [5, 5.41) is 12.5. The molecule has 2 aromatic heterocycles. The monoisotopic (exact) mass is 427 g/mol. The van der Waals surface area contributed by atoms with Gasteiger partial charge in [-0.1, -0.05) is 23.2 Å². The lowest BCUT2D eigenvalue weighted by Crippen LogP contribution is -2.41. The Labute approximate surface area is 178 Å². The number of aromatic nitrogens is 3. The molecule has 1 saturated heterocycles. The molecule has 1 unspecified atom stereocenters. The van der Waals surface area contributed by atoms with E-state index in [0.717, 1.165) is 36.5 Å². The molecule has 29 heavy (non-hydrogen) atoms. The van der Waals surface area contributed by atoms with Gasteiger partial charge in [0.2, 0.25) is 5.91 Å². The molecule has 1 aliphatic heterocycles. The van der Waals surface area contributed by atoms with Crippen LogP contribution in [0.25, 0.3) is 11.3 Å². The van der Waals surface area contributed by atoms with Gasteiger partial charge in [-0.3, -0.25) is 9.78 Å². The van der Waals surface area contributed by atoms with Gasteiger partial charge in [-0.05, 0) is 55.3 Å². The second-order valence-electron chi connectivity index (χ2n) is 6.92. The van der Waals surface area contributed by atoms with Gasteiger partial charge in [-0.2, -0.15) is 0 Å². The predicted octanol–water partition coefficient (Wildman–Crippen LogP) is 4.70. The van der Waals surface area contributed by atoms with Crippen molar-refractivity contribution >= 4 is 40.6 Å². The summed E-state index contributed by atoms with van der Waals surface area (Å²) < 4.78 is 0. The Kier molecular flexibility index (Phi) is 5.92. The second-order valence-corrected chi connectivity index (χ2v) is 7.76. The zero-order valence-corrected chi connectivity index (χ0v) is 17.1. The number of nitrogens with one attached hydrogen (secondary N) is 1. The fourth-order valence-corrected chi connectivity index (χ4v) is 3.84. The molecule has 0 aliphatic carbocycles. The maximum absolute atomic E-state index is 12.7. The van der Waals surface area contributed by atoms with E-state index in [0.29, 0.717) is 22.3 Å². The van der Waals surface area contributed by atoms with Gasteiger partial charge in [0.1, 0.15) is 0 Å². The van der Waals surface area contributed by atoms with Crippen molar-refractivity contribution in [3.05, 3.63) is 64.9 Å². The number of halogens is 2. The highest BCUT2D eigenvalue weighted by molar-refractivity contribution is 6.36. The number of amides is 1. The van der Waals surface area contributed by atoms with Crippen LogP contribution in [0.5, 0.6) is 0 Å². The summed E-state index contributed by atoms with van der Waals surface area (Å²) in [6.07, 6.45) is 5.20. The van der Waals surface area contributed by atoms with Gasteiger partial charge in [-0.25, -0.2) is 0 Å². The van der Waals surface area contributed by atoms with Crippen LogP contribution in [0.4, 0.5) is 11.5 Å². The Hall–Kier alpha value is -2.70. The Morgan fingerprint density at radius 1 is 1.14 bits per heavy atom. The van der Waals surface area contributed by atoms with Crippen molar-refractivity contribution in [1.82, 2.24) is 15.2 Å². The number of hydrogen-bond donors (Lipinski definition) is 1. The summed E-state index contributed by atoms with van der Waals surface area (Å²) >= 11 is 12.1. The average Bonchev–Trinajstić information content (AvgIpc) is 2.76. The first-order valence-electron chi connectivity index (χ1n) is 9.35. The molecule has 1 aromatic carbocycles. The molecule has 1 atom stereocenters. The molecule has 3 aromatic rings. The highest BCUT2D eigenvalue weighted by Crippen LogP contribution is 2.28. The topological polar surface area (TPSA) is 71.0 Å². The molecular formula is C21H19Cl2N5O. The number of carbonyl (C=O) groups is 1. The van der Waals surface area contributed by atoms with Crippen LogP contribution in [-0.2, 0) is 4.79 Å². The number of piperidine rings is 1. The molecule has 1 N–H and O–H groups in total. The molecule has 8 heteroatoms. The van der Waals surface area contributed by atoms with Crippen molar-refractivity contribution in [2.45, 2.75) is 12.8 Å². The summed E-state index contributed by atoms with van der Waals surface area (Å²) in [6, 6.07) is 12.7. The van der Waals surface area contributed by atoms with Gasteiger partial charge < -0.3 is 10.2 Å². The van der Waals surface area contributed by atoms with E-state index in [2.05, 4.69) is 25.4 Å². The van der Waals surface area contributed by atoms with E-state index in [9.17, 15) is 4.79 Å². The van der Waals surface area contributed by atoms with Crippen LogP contribution in [0.2, 0.25) is 10.0 Å². The molecule has 3 heterocycles. The minimum Gasteiger partial charge on any atom is -0.354 e. The molecule has 6 nitrogen and oxygen atoms in total. The first-order valence-corrected chi connectivity index (χ1v) is 10.1. The molecule has 1 fully saturated rings. The zero-order chi connectivity index (χ0) is 20.2. The van der Waals surface area contributed by atoms with Gasteiger partial charge in [0.15, 0.2) is 5.82 Å². The Balaban J connectivity index is 1.43. The Bertz CT molecular complexity index is 998. The van der Waals surface area contributed by atoms with Crippen LogP contribution >= 0.6 is 23.2 Å². The van der Waals surface area contributed by atoms with Crippen LogP contribution in [0.3, 0.4) is 0 Å². The maximum Gasteiger partial charge on any atom is 0.229 e. The van der Waals surface area contributed by atoms with Crippen molar-refractivity contribution in [2.24, 2.45) is 5.92 Å². The molecule has 0 bridgehead atoms. The number of anilines is 2. The van der Waals surface area contributed by atoms with E-state index in [1.54, 1.807) is 30.6 Å². The number of nitrogens with zero attached hydrogens (tertiary/aromatic N) is 4. The van der Waals surface area contributed by atoms with Gasteiger partial charge in [0, 0.05) is 36.1 Å². The highest BCUT2D eigenvalue weighted by Gasteiger charge is 2.27. The molecule has 4 rings (SSSR count). The standard InChI is InChI=1S/C21H19Cl2N5O/c22-16-5-6-19(17(23)11-16)25-21(29)15-4-2-10-28(13-15)20-8-7-18(26-27-20)14-3-1-9-24-12-14/h1,3,5-9,11-12,15H,2,4,10,13H2,(H,25,29). The summed E-state index contributed by atoms with van der Waals surface area (Å²) in [6.45, 7) is 1.42. The number of hydrogen-bond acceptors (Lipinski definition) is 5.